The van der Waals surface area contributed by atoms with Gasteiger partial charge in [-0.25, -0.2) is 4.79 Å². The van der Waals surface area contributed by atoms with E-state index in [1.165, 1.54) is 0 Å². The number of esters is 1. The molecule has 2 heterocycles. The van der Waals surface area contributed by atoms with Crippen LogP contribution in [0.1, 0.15) is 26.7 Å². The summed E-state index contributed by atoms with van der Waals surface area (Å²) in [5.41, 5.74) is 0. The molecule has 0 spiro atoms. The van der Waals surface area contributed by atoms with Crippen molar-refractivity contribution < 1.29 is 14.3 Å². The second-order valence-corrected chi connectivity index (χ2v) is 5.18. The Kier molecular flexibility index (Phi) is 4.95. The van der Waals surface area contributed by atoms with Crippen LogP contribution in [0.5, 0.6) is 5.88 Å². The number of aromatic nitrogens is 2. The average molecular weight is 285 g/mol. The standard InChI is InChI=1S/C12H19N3O3S/c1-3-17-10(16)8-18-12-11(13-19-14-12)15-6-4-9(2)5-7-15/h9H,3-8H2,1-2H3. The maximum absolute atomic E-state index is 11.3. The van der Waals surface area contributed by atoms with Gasteiger partial charge in [-0.15, -0.1) is 4.37 Å². The van der Waals surface area contributed by atoms with Crippen molar-refractivity contribution >= 4 is 23.5 Å². The van der Waals surface area contributed by atoms with E-state index >= 15 is 0 Å². The lowest BCUT2D eigenvalue weighted by Crippen LogP contribution is -2.33. The van der Waals surface area contributed by atoms with E-state index in [2.05, 4.69) is 20.6 Å². The van der Waals surface area contributed by atoms with Gasteiger partial charge in [0, 0.05) is 13.1 Å². The van der Waals surface area contributed by atoms with E-state index in [9.17, 15) is 4.79 Å². The molecule has 2 rings (SSSR count). The number of nitrogens with zero attached hydrogens (tertiary/aromatic N) is 3. The molecule has 0 aliphatic carbocycles. The number of anilines is 1. The second-order valence-electron chi connectivity index (χ2n) is 4.66. The van der Waals surface area contributed by atoms with Gasteiger partial charge in [-0.05, 0) is 25.7 Å². The van der Waals surface area contributed by atoms with Crippen molar-refractivity contribution in [3.05, 3.63) is 0 Å². The summed E-state index contributed by atoms with van der Waals surface area (Å²) in [6, 6.07) is 0. The van der Waals surface area contributed by atoms with Crippen LogP contribution in [0.25, 0.3) is 0 Å². The van der Waals surface area contributed by atoms with Gasteiger partial charge in [-0.2, -0.15) is 4.37 Å². The lowest BCUT2D eigenvalue weighted by atomic mass is 9.99. The van der Waals surface area contributed by atoms with E-state index < -0.39 is 0 Å². The molecule has 0 bridgehead atoms. The Labute approximate surface area is 117 Å². The molecule has 1 saturated heterocycles. The number of carbonyl (C=O) groups excluding carboxylic acids is 1. The third-order valence-electron chi connectivity index (χ3n) is 3.16. The Balaban J connectivity index is 1.92. The van der Waals surface area contributed by atoms with Crippen molar-refractivity contribution in [1.82, 2.24) is 8.75 Å². The van der Waals surface area contributed by atoms with Gasteiger partial charge in [0.25, 0.3) is 5.88 Å². The molecular weight excluding hydrogens is 266 g/mol. The van der Waals surface area contributed by atoms with Crippen molar-refractivity contribution in [3.63, 3.8) is 0 Å². The molecule has 0 unspecified atom stereocenters. The van der Waals surface area contributed by atoms with Gasteiger partial charge in [0.15, 0.2) is 6.61 Å². The molecular formula is C12H19N3O3S. The van der Waals surface area contributed by atoms with E-state index in [1.54, 1.807) is 6.92 Å². The van der Waals surface area contributed by atoms with Gasteiger partial charge in [0.2, 0.25) is 5.82 Å². The van der Waals surface area contributed by atoms with Gasteiger partial charge >= 0.3 is 5.97 Å². The summed E-state index contributed by atoms with van der Waals surface area (Å²) < 4.78 is 18.6. The van der Waals surface area contributed by atoms with E-state index in [1.807, 2.05) is 0 Å². The Bertz CT molecular complexity index is 416. The quantitative estimate of drug-likeness (QED) is 0.767. The zero-order chi connectivity index (χ0) is 13.7. The molecule has 19 heavy (non-hydrogen) atoms. The number of piperidine rings is 1. The average Bonchev–Trinajstić information content (AvgIpc) is 2.86. The minimum absolute atomic E-state index is 0.115. The molecule has 1 fully saturated rings. The minimum Gasteiger partial charge on any atom is -0.463 e. The Hall–Kier alpha value is -1.37. The molecule has 0 radical (unpaired) electrons. The van der Waals surface area contributed by atoms with Gasteiger partial charge in [0.05, 0.1) is 18.3 Å². The first-order valence-electron chi connectivity index (χ1n) is 6.56. The maximum atomic E-state index is 11.3. The first kappa shape index (κ1) is 14.0. The van der Waals surface area contributed by atoms with E-state index in [0.717, 1.165) is 49.4 Å². The highest BCUT2D eigenvalue weighted by molar-refractivity contribution is 6.99. The van der Waals surface area contributed by atoms with Crippen LogP contribution < -0.4 is 9.64 Å². The molecule has 1 aromatic heterocycles. The fraction of sp³-hybridized carbons (Fsp3) is 0.750. The molecule has 0 N–H and O–H groups in total. The molecule has 0 saturated carbocycles. The zero-order valence-corrected chi connectivity index (χ0v) is 12.1. The number of carbonyl (C=O) groups is 1. The van der Waals surface area contributed by atoms with E-state index in [-0.39, 0.29) is 12.6 Å². The number of hydrogen-bond acceptors (Lipinski definition) is 7. The molecule has 0 atom stereocenters. The number of rotatable bonds is 5. The topological polar surface area (TPSA) is 64.5 Å². The van der Waals surface area contributed by atoms with Gasteiger partial charge in [-0.1, -0.05) is 6.92 Å². The van der Waals surface area contributed by atoms with Crippen LogP contribution >= 0.6 is 11.7 Å². The predicted octanol–water partition coefficient (Wildman–Crippen LogP) is 1.72. The van der Waals surface area contributed by atoms with Crippen LogP contribution in [0.15, 0.2) is 0 Å². The lowest BCUT2D eigenvalue weighted by molar-refractivity contribution is -0.145. The lowest BCUT2D eigenvalue weighted by Gasteiger charge is -2.30. The largest absolute Gasteiger partial charge is 0.463 e. The van der Waals surface area contributed by atoms with Crippen molar-refractivity contribution in [2.24, 2.45) is 5.92 Å². The maximum Gasteiger partial charge on any atom is 0.344 e. The zero-order valence-electron chi connectivity index (χ0n) is 11.3. The van der Waals surface area contributed by atoms with E-state index in [4.69, 9.17) is 9.47 Å². The first-order valence-corrected chi connectivity index (χ1v) is 7.29. The smallest absolute Gasteiger partial charge is 0.344 e. The molecule has 1 aromatic rings. The number of hydrogen-bond donors (Lipinski definition) is 0. The SMILES string of the molecule is CCOC(=O)COc1nsnc1N1CCC(C)CC1. The summed E-state index contributed by atoms with van der Waals surface area (Å²) in [7, 11) is 0. The summed E-state index contributed by atoms with van der Waals surface area (Å²) in [5, 5.41) is 0. The third kappa shape index (κ3) is 3.79. The summed E-state index contributed by atoms with van der Waals surface area (Å²) in [6.45, 7) is 6.19. The molecule has 106 valence electrons. The summed E-state index contributed by atoms with van der Waals surface area (Å²) in [4.78, 5) is 13.4. The highest BCUT2D eigenvalue weighted by Crippen LogP contribution is 2.29. The predicted molar refractivity (Wildman–Crippen MR) is 72.6 cm³/mol. The van der Waals surface area contributed by atoms with Gasteiger partial charge in [0.1, 0.15) is 0 Å². The Morgan fingerprint density at radius 2 is 2.16 bits per heavy atom. The Morgan fingerprint density at radius 1 is 1.42 bits per heavy atom. The van der Waals surface area contributed by atoms with Crippen LogP contribution in [0, 0.1) is 5.92 Å². The second kappa shape index (κ2) is 6.70. The monoisotopic (exact) mass is 285 g/mol. The van der Waals surface area contributed by atoms with Crippen molar-refractivity contribution in [2.45, 2.75) is 26.7 Å². The third-order valence-corrected chi connectivity index (χ3v) is 3.66. The fourth-order valence-corrected chi connectivity index (χ4v) is 2.53. The highest BCUT2D eigenvalue weighted by atomic mass is 32.1. The van der Waals surface area contributed by atoms with Crippen LogP contribution in [0.3, 0.4) is 0 Å². The summed E-state index contributed by atoms with van der Waals surface area (Å²) >= 11 is 1.11. The Morgan fingerprint density at radius 3 is 2.84 bits per heavy atom. The molecule has 7 heteroatoms. The van der Waals surface area contributed by atoms with Gasteiger partial charge < -0.3 is 14.4 Å². The fourth-order valence-electron chi connectivity index (χ4n) is 2.01. The van der Waals surface area contributed by atoms with Crippen LogP contribution in [0.4, 0.5) is 5.82 Å². The van der Waals surface area contributed by atoms with Gasteiger partial charge in [-0.3, -0.25) is 0 Å². The first-order chi connectivity index (χ1) is 9.20. The summed E-state index contributed by atoms with van der Waals surface area (Å²) in [6.07, 6.45) is 2.30. The van der Waals surface area contributed by atoms with Crippen molar-refractivity contribution in [1.29, 1.82) is 0 Å². The molecule has 0 aromatic carbocycles. The minimum atomic E-state index is -0.381. The van der Waals surface area contributed by atoms with Crippen LogP contribution in [0.2, 0.25) is 0 Å². The molecule has 1 aliphatic rings. The normalized spacial score (nSPS) is 16.4. The van der Waals surface area contributed by atoms with E-state index in [0.29, 0.717) is 12.5 Å². The molecule has 0 amide bonds. The molecule has 1 aliphatic heterocycles. The van der Waals surface area contributed by atoms with Crippen molar-refractivity contribution in [3.8, 4) is 5.88 Å². The summed E-state index contributed by atoms with van der Waals surface area (Å²) in [5.74, 6) is 1.56. The molecule has 6 nitrogen and oxygen atoms in total. The van der Waals surface area contributed by atoms with Crippen molar-refractivity contribution in [2.75, 3.05) is 31.2 Å². The number of ether oxygens (including phenoxy) is 2. The van der Waals surface area contributed by atoms with Crippen LogP contribution in [-0.2, 0) is 9.53 Å². The highest BCUT2D eigenvalue weighted by Gasteiger charge is 2.22. The van der Waals surface area contributed by atoms with Crippen LogP contribution in [-0.4, -0.2) is 41.0 Å².